The summed E-state index contributed by atoms with van der Waals surface area (Å²) in [4.78, 5) is 32.6. The van der Waals surface area contributed by atoms with Crippen molar-refractivity contribution in [3.05, 3.63) is 82.7 Å². The van der Waals surface area contributed by atoms with Crippen LogP contribution in [0.4, 0.5) is 0 Å². The molecule has 1 amide bonds. The highest BCUT2D eigenvalue weighted by molar-refractivity contribution is 6.46. The summed E-state index contributed by atoms with van der Waals surface area (Å²) < 4.78 is 22.3. The molecule has 1 saturated heterocycles. The average molecular weight is 533 g/mol. The van der Waals surface area contributed by atoms with Crippen LogP contribution in [0.3, 0.4) is 0 Å². The molecule has 0 aliphatic carbocycles. The first kappa shape index (κ1) is 27.5. The van der Waals surface area contributed by atoms with Crippen LogP contribution in [-0.2, 0) is 16.1 Å². The number of amides is 1. The summed E-state index contributed by atoms with van der Waals surface area (Å²) >= 11 is 0. The second kappa shape index (κ2) is 11.9. The Hall–Kier alpha value is -4.53. The van der Waals surface area contributed by atoms with E-state index in [4.69, 9.17) is 18.9 Å². The molecule has 4 rings (SSSR count). The molecule has 0 radical (unpaired) electrons. The van der Waals surface area contributed by atoms with Gasteiger partial charge in [0.05, 0.1) is 51.8 Å². The number of pyridine rings is 1. The highest BCUT2D eigenvalue weighted by Gasteiger charge is 2.46. The van der Waals surface area contributed by atoms with Gasteiger partial charge >= 0.3 is 0 Å². The van der Waals surface area contributed by atoms with Gasteiger partial charge in [-0.1, -0.05) is 13.0 Å². The molecule has 1 atom stereocenters. The molecule has 2 heterocycles. The van der Waals surface area contributed by atoms with E-state index in [1.807, 2.05) is 13.8 Å². The van der Waals surface area contributed by atoms with E-state index in [-0.39, 0.29) is 17.9 Å². The summed E-state index contributed by atoms with van der Waals surface area (Å²) in [5.41, 5.74) is 2.22. The minimum absolute atomic E-state index is 0.0480. The van der Waals surface area contributed by atoms with Gasteiger partial charge in [-0.05, 0) is 66.9 Å². The van der Waals surface area contributed by atoms with E-state index >= 15 is 0 Å². The molecule has 9 heteroatoms. The predicted octanol–water partition coefficient (Wildman–Crippen LogP) is 4.83. The molecule has 2 aromatic carbocycles. The number of aliphatic hydroxyl groups is 1. The van der Waals surface area contributed by atoms with Crippen molar-refractivity contribution in [2.75, 3.05) is 27.9 Å². The molecule has 9 nitrogen and oxygen atoms in total. The van der Waals surface area contributed by atoms with E-state index in [1.165, 1.54) is 26.2 Å². The molecule has 3 aromatic rings. The number of ketones is 1. The molecule has 1 fully saturated rings. The maximum absolute atomic E-state index is 13.5. The lowest BCUT2D eigenvalue weighted by Gasteiger charge is -2.26. The molecule has 204 valence electrons. The molecule has 39 heavy (non-hydrogen) atoms. The Balaban J connectivity index is 1.90. The number of aromatic nitrogens is 1. The third-order valence-electron chi connectivity index (χ3n) is 6.51. The standard InChI is InChI=1S/C30H32N2O7/c1-6-13-39-22-11-10-19(14-18(22)2)27(33)25-26(20-15-23(36-3)29(38-5)24(16-20)37-4)32(30(35)28(25)34)17-21-9-7-8-12-31-21/h7-12,14-16,26,33H,6,13,17H2,1-5H3/b27-25+. The lowest BCUT2D eigenvalue weighted by Crippen LogP contribution is -2.29. The first-order chi connectivity index (χ1) is 18.8. The number of nitrogens with zero attached hydrogens (tertiary/aromatic N) is 2. The Labute approximate surface area is 227 Å². The van der Waals surface area contributed by atoms with Crippen LogP contribution < -0.4 is 18.9 Å². The van der Waals surface area contributed by atoms with Gasteiger partial charge in [0.2, 0.25) is 5.75 Å². The quantitative estimate of drug-likeness (QED) is 0.225. The van der Waals surface area contributed by atoms with Crippen molar-refractivity contribution in [2.24, 2.45) is 0 Å². The zero-order valence-electron chi connectivity index (χ0n) is 22.7. The van der Waals surface area contributed by atoms with Gasteiger partial charge in [0.1, 0.15) is 11.5 Å². The van der Waals surface area contributed by atoms with Crippen LogP contribution in [0.5, 0.6) is 23.0 Å². The second-order valence-corrected chi connectivity index (χ2v) is 9.04. The van der Waals surface area contributed by atoms with Crippen molar-refractivity contribution in [1.29, 1.82) is 0 Å². The topological polar surface area (TPSA) is 107 Å². The van der Waals surface area contributed by atoms with Gasteiger partial charge in [-0.25, -0.2) is 0 Å². The van der Waals surface area contributed by atoms with E-state index in [0.717, 1.165) is 12.0 Å². The van der Waals surface area contributed by atoms with Crippen LogP contribution in [0.2, 0.25) is 0 Å². The number of rotatable bonds is 10. The Kier molecular flexibility index (Phi) is 8.39. The average Bonchev–Trinajstić information content (AvgIpc) is 3.20. The van der Waals surface area contributed by atoms with E-state index in [2.05, 4.69) is 4.98 Å². The number of carbonyl (C=O) groups excluding carboxylic acids is 2. The van der Waals surface area contributed by atoms with Gasteiger partial charge in [0.15, 0.2) is 11.5 Å². The fraction of sp³-hybridized carbons (Fsp3) is 0.300. The Morgan fingerprint density at radius 1 is 0.974 bits per heavy atom. The van der Waals surface area contributed by atoms with Crippen LogP contribution in [0, 0.1) is 6.92 Å². The number of Topliss-reactive ketones (excluding diaryl/α,β-unsaturated/α-hetero) is 1. The molecule has 0 bridgehead atoms. The van der Waals surface area contributed by atoms with Gasteiger partial charge in [0, 0.05) is 11.8 Å². The summed E-state index contributed by atoms with van der Waals surface area (Å²) in [5.74, 6) is -0.0894. The maximum Gasteiger partial charge on any atom is 0.296 e. The van der Waals surface area contributed by atoms with Crippen LogP contribution in [0.15, 0.2) is 60.3 Å². The number of aryl methyl sites for hydroxylation is 1. The minimum Gasteiger partial charge on any atom is -0.507 e. The number of ether oxygens (including phenoxy) is 4. The Bertz CT molecular complexity index is 1380. The van der Waals surface area contributed by atoms with Gasteiger partial charge < -0.3 is 29.0 Å². The maximum atomic E-state index is 13.5. The van der Waals surface area contributed by atoms with Crippen molar-refractivity contribution in [3.63, 3.8) is 0 Å². The fourth-order valence-electron chi connectivity index (χ4n) is 4.64. The molecule has 1 aliphatic rings. The summed E-state index contributed by atoms with van der Waals surface area (Å²) in [6.07, 6.45) is 2.47. The number of likely N-dealkylation sites (tertiary alicyclic amines) is 1. The van der Waals surface area contributed by atoms with Crippen molar-refractivity contribution in [2.45, 2.75) is 32.9 Å². The van der Waals surface area contributed by atoms with E-state index in [9.17, 15) is 14.7 Å². The van der Waals surface area contributed by atoms with Gasteiger partial charge in [-0.3, -0.25) is 14.6 Å². The molecular formula is C30H32N2O7. The number of aliphatic hydroxyl groups excluding tert-OH is 1. The van der Waals surface area contributed by atoms with Crippen molar-refractivity contribution in [1.82, 2.24) is 9.88 Å². The smallest absolute Gasteiger partial charge is 0.296 e. The van der Waals surface area contributed by atoms with Crippen molar-refractivity contribution >= 4 is 17.4 Å². The number of hydrogen-bond donors (Lipinski definition) is 1. The molecule has 1 aromatic heterocycles. The summed E-state index contributed by atoms with van der Waals surface area (Å²) in [7, 11) is 4.46. The third kappa shape index (κ3) is 5.38. The Morgan fingerprint density at radius 3 is 2.26 bits per heavy atom. The summed E-state index contributed by atoms with van der Waals surface area (Å²) in [6.45, 7) is 4.49. The Morgan fingerprint density at radius 2 is 1.69 bits per heavy atom. The third-order valence-corrected chi connectivity index (χ3v) is 6.51. The molecule has 1 aliphatic heterocycles. The summed E-state index contributed by atoms with van der Waals surface area (Å²) in [6, 6.07) is 12.9. The van der Waals surface area contributed by atoms with Crippen LogP contribution in [0.1, 0.15) is 41.8 Å². The first-order valence-corrected chi connectivity index (χ1v) is 12.6. The molecular weight excluding hydrogens is 500 g/mol. The zero-order valence-corrected chi connectivity index (χ0v) is 22.7. The van der Waals surface area contributed by atoms with E-state index in [0.29, 0.717) is 46.4 Å². The first-order valence-electron chi connectivity index (χ1n) is 12.6. The molecule has 1 N–H and O–H groups in total. The summed E-state index contributed by atoms with van der Waals surface area (Å²) in [5, 5.41) is 11.5. The number of benzene rings is 2. The van der Waals surface area contributed by atoms with Crippen LogP contribution >= 0.6 is 0 Å². The highest BCUT2D eigenvalue weighted by Crippen LogP contribution is 2.46. The predicted molar refractivity (Wildman–Crippen MR) is 145 cm³/mol. The number of methoxy groups -OCH3 is 3. The van der Waals surface area contributed by atoms with Crippen LogP contribution in [0.25, 0.3) is 5.76 Å². The van der Waals surface area contributed by atoms with Gasteiger partial charge in [-0.2, -0.15) is 0 Å². The number of carbonyl (C=O) groups is 2. The SMILES string of the molecule is CCCOc1ccc(/C(O)=C2\C(=O)C(=O)N(Cc3ccccn3)C2c2cc(OC)c(OC)c(OC)c2)cc1C. The highest BCUT2D eigenvalue weighted by atomic mass is 16.5. The molecule has 1 unspecified atom stereocenters. The van der Waals surface area contributed by atoms with E-state index < -0.39 is 17.7 Å². The normalized spacial score (nSPS) is 16.3. The minimum atomic E-state index is -0.947. The zero-order chi connectivity index (χ0) is 28.1. The second-order valence-electron chi connectivity index (χ2n) is 9.04. The fourth-order valence-corrected chi connectivity index (χ4v) is 4.64. The number of hydrogen-bond acceptors (Lipinski definition) is 8. The molecule has 0 saturated carbocycles. The largest absolute Gasteiger partial charge is 0.507 e. The van der Waals surface area contributed by atoms with Crippen molar-refractivity contribution < 1.29 is 33.6 Å². The molecule has 0 spiro atoms. The lowest BCUT2D eigenvalue weighted by atomic mass is 9.94. The monoisotopic (exact) mass is 532 g/mol. The van der Waals surface area contributed by atoms with Crippen molar-refractivity contribution in [3.8, 4) is 23.0 Å². The van der Waals surface area contributed by atoms with Gasteiger partial charge in [-0.15, -0.1) is 0 Å². The van der Waals surface area contributed by atoms with Crippen LogP contribution in [-0.4, -0.2) is 54.6 Å². The van der Waals surface area contributed by atoms with E-state index in [1.54, 1.807) is 54.7 Å². The van der Waals surface area contributed by atoms with Gasteiger partial charge in [0.25, 0.3) is 11.7 Å². The lowest BCUT2D eigenvalue weighted by molar-refractivity contribution is -0.140.